The van der Waals surface area contributed by atoms with Gasteiger partial charge in [0.25, 0.3) is 0 Å². The fourth-order valence-electron chi connectivity index (χ4n) is 5.57. The molecular weight excluding hydrogens is 394 g/mol. The Kier molecular flexibility index (Phi) is 5.56. The molecule has 2 fully saturated rings. The maximum atomic E-state index is 13.0. The highest BCUT2D eigenvalue weighted by Crippen LogP contribution is 2.32. The number of amides is 2. The zero-order valence-corrected chi connectivity index (χ0v) is 18.2. The van der Waals surface area contributed by atoms with E-state index >= 15 is 0 Å². The lowest BCUT2D eigenvalue weighted by Gasteiger charge is -2.46. The molecule has 1 aromatic heterocycles. The number of rotatable bonds is 4. The molecule has 8 heteroatoms. The third kappa shape index (κ3) is 4.01. The Balaban J connectivity index is 1.32. The molecule has 1 aromatic carbocycles. The number of ether oxygens (including phenoxy) is 1. The molecule has 2 saturated heterocycles. The third-order valence-electron chi connectivity index (χ3n) is 7.01. The first-order chi connectivity index (χ1) is 15.1. The van der Waals surface area contributed by atoms with Crippen molar-refractivity contribution >= 4 is 28.7 Å². The molecule has 1 N–H and O–H groups in total. The van der Waals surface area contributed by atoms with E-state index in [4.69, 9.17) is 9.72 Å². The van der Waals surface area contributed by atoms with Crippen LogP contribution in [-0.4, -0.2) is 63.6 Å². The minimum absolute atomic E-state index is 0.174. The molecule has 8 nitrogen and oxygen atoms in total. The quantitative estimate of drug-likeness (QED) is 0.814. The van der Waals surface area contributed by atoms with Crippen LogP contribution in [0.2, 0.25) is 0 Å². The monoisotopic (exact) mass is 425 g/mol. The van der Waals surface area contributed by atoms with Crippen LogP contribution in [0.4, 0.5) is 10.5 Å². The fraction of sp³-hybridized carbons (Fsp3) is 0.609. The van der Waals surface area contributed by atoms with Crippen LogP contribution in [-0.2, 0) is 22.6 Å². The van der Waals surface area contributed by atoms with Gasteiger partial charge in [0.1, 0.15) is 12.4 Å². The lowest BCUT2D eigenvalue weighted by atomic mass is 9.83. The number of carbonyl (C=O) groups is 2. The smallest absolute Gasteiger partial charge is 0.411 e. The van der Waals surface area contributed by atoms with Crippen LogP contribution in [0.15, 0.2) is 18.2 Å². The highest BCUT2D eigenvalue weighted by atomic mass is 16.5. The lowest BCUT2D eigenvalue weighted by Crippen LogP contribution is -2.52. The summed E-state index contributed by atoms with van der Waals surface area (Å²) >= 11 is 0. The first-order valence-electron chi connectivity index (χ1n) is 11.6. The number of hydrogen-bond donors (Lipinski definition) is 1. The van der Waals surface area contributed by atoms with Crippen molar-refractivity contribution in [2.45, 2.75) is 58.2 Å². The molecule has 0 unspecified atom stereocenters. The van der Waals surface area contributed by atoms with E-state index in [1.54, 1.807) is 6.92 Å². The summed E-state index contributed by atoms with van der Waals surface area (Å²) in [6.45, 7) is 6.24. The molecule has 0 spiro atoms. The summed E-state index contributed by atoms with van der Waals surface area (Å²) in [7, 11) is 0. The predicted octanol–water partition coefficient (Wildman–Crippen LogP) is 3.21. The van der Waals surface area contributed by atoms with Gasteiger partial charge in [-0.05, 0) is 69.8 Å². The standard InChI is InChI=1S/C23H31N5O3/c1-2-31-23(30)24-17-8-9-20-18(12-17)25-21-14-27(22(29)15-28(20)21)13-16-6-5-11-26-10-4-3-7-19(16)26/h8-9,12,16,19H,2-7,10-11,13-15H2,1H3,(H,24,30)/t16-,19-/m1/s1. The van der Waals surface area contributed by atoms with Crippen LogP contribution in [0, 0.1) is 5.92 Å². The molecule has 5 rings (SSSR count). The summed E-state index contributed by atoms with van der Waals surface area (Å²) in [5, 5.41) is 2.72. The first kappa shape index (κ1) is 20.3. The van der Waals surface area contributed by atoms with Gasteiger partial charge in [-0.25, -0.2) is 9.78 Å². The Morgan fingerprint density at radius 1 is 1.19 bits per heavy atom. The van der Waals surface area contributed by atoms with Gasteiger partial charge in [-0.3, -0.25) is 10.1 Å². The molecule has 3 aliphatic heterocycles. The van der Waals surface area contributed by atoms with Crippen molar-refractivity contribution in [1.82, 2.24) is 19.4 Å². The number of nitrogens with one attached hydrogen (secondary N) is 1. The summed E-state index contributed by atoms with van der Waals surface area (Å²) < 4.78 is 6.96. The number of fused-ring (bicyclic) bond motifs is 4. The molecule has 2 amide bonds. The molecule has 0 bridgehead atoms. The fourth-order valence-corrected chi connectivity index (χ4v) is 5.57. The number of anilines is 1. The SMILES string of the molecule is CCOC(=O)Nc1ccc2c(c1)nc1n2CC(=O)N(C[C@H]2CCCN3CCCC[C@H]23)C1. The van der Waals surface area contributed by atoms with E-state index in [0.29, 0.717) is 37.3 Å². The van der Waals surface area contributed by atoms with Gasteiger partial charge in [0, 0.05) is 18.3 Å². The highest BCUT2D eigenvalue weighted by molar-refractivity contribution is 5.90. The number of benzene rings is 1. The third-order valence-corrected chi connectivity index (χ3v) is 7.01. The highest BCUT2D eigenvalue weighted by Gasteiger charge is 2.36. The van der Waals surface area contributed by atoms with E-state index in [2.05, 4.69) is 10.2 Å². The molecule has 31 heavy (non-hydrogen) atoms. The molecule has 2 aromatic rings. The summed E-state index contributed by atoms with van der Waals surface area (Å²) in [6, 6.07) is 6.21. The Morgan fingerprint density at radius 2 is 2.06 bits per heavy atom. The average molecular weight is 426 g/mol. The van der Waals surface area contributed by atoms with Gasteiger partial charge in [0.05, 0.1) is 24.2 Å². The number of nitrogens with zero attached hydrogens (tertiary/aromatic N) is 4. The number of imidazole rings is 1. The summed E-state index contributed by atoms with van der Waals surface area (Å²) in [6.07, 6.45) is 5.85. The van der Waals surface area contributed by atoms with Crippen LogP contribution in [0.5, 0.6) is 0 Å². The lowest BCUT2D eigenvalue weighted by molar-refractivity contribution is -0.135. The van der Waals surface area contributed by atoms with Crippen LogP contribution in [0.3, 0.4) is 0 Å². The first-order valence-corrected chi connectivity index (χ1v) is 11.6. The Labute approximate surface area is 182 Å². The predicted molar refractivity (Wildman–Crippen MR) is 118 cm³/mol. The maximum absolute atomic E-state index is 13.0. The second-order valence-corrected chi connectivity index (χ2v) is 8.94. The van der Waals surface area contributed by atoms with E-state index in [-0.39, 0.29) is 5.91 Å². The molecule has 0 aliphatic carbocycles. The van der Waals surface area contributed by atoms with Crippen LogP contribution in [0.25, 0.3) is 11.0 Å². The van der Waals surface area contributed by atoms with Gasteiger partial charge in [0.2, 0.25) is 5.91 Å². The van der Waals surface area contributed by atoms with Crippen molar-refractivity contribution in [2.75, 3.05) is 31.6 Å². The van der Waals surface area contributed by atoms with Crippen LogP contribution >= 0.6 is 0 Å². The average Bonchev–Trinajstić information content (AvgIpc) is 3.11. The minimum atomic E-state index is -0.476. The van der Waals surface area contributed by atoms with Crippen molar-refractivity contribution in [1.29, 1.82) is 0 Å². The second kappa shape index (κ2) is 8.49. The molecule has 166 valence electrons. The van der Waals surface area contributed by atoms with Crippen LogP contribution in [0.1, 0.15) is 44.9 Å². The topological polar surface area (TPSA) is 79.7 Å². The largest absolute Gasteiger partial charge is 0.450 e. The molecule has 0 radical (unpaired) electrons. The normalized spacial score (nSPS) is 24.0. The molecule has 4 heterocycles. The molecule has 3 aliphatic rings. The number of carbonyl (C=O) groups excluding carboxylic acids is 2. The summed E-state index contributed by atoms with van der Waals surface area (Å²) in [5.41, 5.74) is 2.35. The maximum Gasteiger partial charge on any atom is 0.411 e. The van der Waals surface area contributed by atoms with E-state index < -0.39 is 6.09 Å². The zero-order valence-electron chi connectivity index (χ0n) is 18.2. The zero-order chi connectivity index (χ0) is 21.4. The molecule has 2 atom stereocenters. The molecule has 0 saturated carbocycles. The molecular formula is C23H31N5O3. The van der Waals surface area contributed by atoms with Gasteiger partial charge < -0.3 is 19.1 Å². The number of piperidine rings is 2. The Hall–Kier alpha value is -2.61. The second-order valence-electron chi connectivity index (χ2n) is 8.94. The Morgan fingerprint density at radius 3 is 2.94 bits per heavy atom. The number of hydrogen-bond acceptors (Lipinski definition) is 5. The van der Waals surface area contributed by atoms with E-state index in [0.717, 1.165) is 23.4 Å². The van der Waals surface area contributed by atoms with Crippen molar-refractivity contribution in [3.05, 3.63) is 24.0 Å². The number of aromatic nitrogens is 2. The van der Waals surface area contributed by atoms with Crippen molar-refractivity contribution in [3.8, 4) is 0 Å². The van der Waals surface area contributed by atoms with Gasteiger partial charge >= 0.3 is 6.09 Å². The van der Waals surface area contributed by atoms with Crippen molar-refractivity contribution < 1.29 is 14.3 Å². The van der Waals surface area contributed by atoms with Crippen molar-refractivity contribution in [3.63, 3.8) is 0 Å². The van der Waals surface area contributed by atoms with E-state index in [9.17, 15) is 9.59 Å². The van der Waals surface area contributed by atoms with Gasteiger partial charge in [-0.2, -0.15) is 0 Å². The van der Waals surface area contributed by atoms with Crippen LogP contribution < -0.4 is 5.32 Å². The minimum Gasteiger partial charge on any atom is -0.450 e. The van der Waals surface area contributed by atoms with E-state index in [1.165, 1.54) is 45.2 Å². The van der Waals surface area contributed by atoms with Gasteiger partial charge in [-0.15, -0.1) is 0 Å². The Bertz CT molecular complexity index is 985. The van der Waals surface area contributed by atoms with Gasteiger partial charge in [0.15, 0.2) is 0 Å². The van der Waals surface area contributed by atoms with E-state index in [1.807, 2.05) is 27.7 Å². The summed E-state index contributed by atoms with van der Waals surface area (Å²) in [4.78, 5) is 34.2. The van der Waals surface area contributed by atoms with Crippen molar-refractivity contribution in [2.24, 2.45) is 5.92 Å². The summed E-state index contributed by atoms with van der Waals surface area (Å²) in [5.74, 6) is 1.65. The van der Waals surface area contributed by atoms with Gasteiger partial charge in [-0.1, -0.05) is 6.42 Å².